The van der Waals surface area contributed by atoms with Crippen LogP contribution in [0, 0.1) is 0 Å². The van der Waals surface area contributed by atoms with Crippen molar-refractivity contribution in [1.82, 2.24) is 0 Å². The summed E-state index contributed by atoms with van der Waals surface area (Å²) in [6.07, 6.45) is -0.358. The monoisotopic (exact) mass is 393 g/mol. The van der Waals surface area contributed by atoms with E-state index in [1.165, 1.54) is 4.90 Å². The van der Waals surface area contributed by atoms with Gasteiger partial charge < -0.3 is 10.0 Å². The van der Waals surface area contributed by atoms with Gasteiger partial charge in [0.05, 0.1) is 17.1 Å². The zero-order valence-corrected chi connectivity index (χ0v) is 14.6. The van der Waals surface area contributed by atoms with Crippen molar-refractivity contribution >= 4 is 44.9 Å². The minimum absolute atomic E-state index is 0.293. The van der Waals surface area contributed by atoms with Crippen LogP contribution in [0.15, 0.2) is 46.9 Å². The van der Waals surface area contributed by atoms with Crippen molar-refractivity contribution in [3.05, 3.63) is 63.1 Å². The number of anilines is 1. The smallest absolute Gasteiger partial charge is 0.263 e. The summed E-state index contributed by atoms with van der Waals surface area (Å²) in [6.45, 7) is 0. The van der Waals surface area contributed by atoms with Crippen molar-refractivity contribution in [3.8, 4) is 0 Å². The van der Waals surface area contributed by atoms with E-state index in [9.17, 15) is 14.7 Å². The van der Waals surface area contributed by atoms with Crippen LogP contribution in [0.25, 0.3) is 0 Å². The van der Waals surface area contributed by atoms with E-state index < -0.39 is 11.5 Å². The van der Waals surface area contributed by atoms with Gasteiger partial charge in [-0.3, -0.25) is 9.59 Å². The molecule has 0 bridgehead atoms. The van der Waals surface area contributed by atoms with Crippen molar-refractivity contribution < 1.29 is 14.7 Å². The Hall–Kier alpha value is -1.69. The van der Waals surface area contributed by atoms with Crippen molar-refractivity contribution in [2.75, 3.05) is 11.9 Å². The Balaban J connectivity index is 2.03. The molecule has 0 saturated heterocycles. The Kier molecular flexibility index (Phi) is 4.04. The normalized spacial score (nSPS) is 19.8. The maximum atomic E-state index is 12.5. The molecule has 0 saturated carbocycles. The molecule has 23 heavy (non-hydrogen) atoms. The molecule has 1 heterocycles. The molecule has 3 rings (SSSR count). The fraction of sp³-hybridized carbons (Fsp3) is 0.176. The molecule has 0 spiro atoms. The maximum Gasteiger partial charge on any atom is 0.263 e. The van der Waals surface area contributed by atoms with E-state index in [0.717, 1.165) is 4.47 Å². The number of ketones is 1. The highest BCUT2D eigenvalue weighted by Gasteiger charge is 2.49. The second kappa shape index (κ2) is 5.74. The molecular formula is C17H13BrClNO3. The molecular weight excluding hydrogens is 382 g/mol. The van der Waals surface area contributed by atoms with Crippen LogP contribution in [0.5, 0.6) is 0 Å². The van der Waals surface area contributed by atoms with E-state index in [-0.39, 0.29) is 12.2 Å². The summed E-state index contributed by atoms with van der Waals surface area (Å²) in [5.41, 5.74) is -0.585. The van der Waals surface area contributed by atoms with Gasteiger partial charge in [0.2, 0.25) is 0 Å². The Labute approximate surface area is 146 Å². The van der Waals surface area contributed by atoms with Crippen molar-refractivity contribution in [2.24, 2.45) is 0 Å². The van der Waals surface area contributed by atoms with Gasteiger partial charge in [-0.25, -0.2) is 0 Å². The number of aliphatic hydroxyl groups is 1. The largest absolute Gasteiger partial charge is 0.375 e. The average molecular weight is 395 g/mol. The number of carbonyl (C=O) groups is 2. The molecule has 118 valence electrons. The lowest BCUT2D eigenvalue weighted by molar-refractivity contribution is -0.135. The van der Waals surface area contributed by atoms with Gasteiger partial charge in [0, 0.05) is 22.6 Å². The van der Waals surface area contributed by atoms with Crippen LogP contribution in [0.2, 0.25) is 5.02 Å². The Bertz CT molecular complexity index is 823. The highest BCUT2D eigenvalue weighted by atomic mass is 79.9. The van der Waals surface area contributed by atoms with Gasteiger partial charge in [-0.05, 0) is 30.3 Å². The molecule has 0 fully saturated rings. The summed E-state index contributed by atoms with van der Waals surface area (Å²) >= 11 is 9.37. The van der Waals surface area contributed by atoms with Crippen LogP contribution in [0.3, 0.4) is 0 Å². The van der Waals surface area contributed by atoms with Crippen LogP contribution >= 0.6 is 27.5 Å². The molecule has 1 aliphatic rings. The van der Waals surface area contributed by atoms with E-state index in [4.69, 9.17) is 11.6 Å². The lowest BCUT2D eigenvalue weighted by Crippen LogP contribution is -2.40. The van der Waals surface area contributed by atoms with E-state index in [0.29, 0.717) is 21.8 Å². The summed E-state index contributed by atoms with van der Waals surface area (Å²) in [6, 6.07) is 11.8. The fourth-order valence-corrected chi connectivity index (χ4v) is 3.42. The summed E-state index contributed by atoms with van der Waals surface area (Å²) < 4.78 is 0.725. The molecule has 1 atom stereocenters. The Morgan fingerprint density at radius 2 is 2.00 bits per heavy atom. The molecule has 6 heteroatoms. The lowest BCUT2D eigenvalue weighted by Gasteiger charge is -2.21. The van der Waals surface area contributed by atoms with Crippen LogP contribution < -0.4 is 4.90 Å². The van der Waals surface area contributed by atoms with Gasteiger partial charge >= 0.3 is 0 Å². The summed E-state index contributed by atoms with van der Waals surface area (Å²) in [5, 5.41) is 11.3. The van der Waals surface area contributed by atoms with Gasteiger partial charge in [0.25, 0.3) is 5.91 Å². The summed E-state index contributed by atoms with van der Waals surface area (Å²) in [4.78, 5) is 26.4. The molecule has 1 N–H and O–H groups in total. The van der Waals surface area contributed by atoms with Gasteiger partial charge in [0.15, 0.2) is 11.4 Å². The molecule has 0 aromatic heterocycles. The SMILES string of the molecule is CN1C(=O)C(O)(CC(=O)c2ccccc2Cl)c2cc(Br)ccc21. The molecule has 1 amide bonds. The fourth-order valence-electron chi connectivity index (χ4n) is 2.82. The van der Waals surface area contributed by atoms with Gasteiger partial charge in [-0.2, -0.15) is 0 Å². The lowest BCUT2D eigenvalue weighted by atomic mass is 9.88. The molecule has 0 radical (unpaired) electrons. The second-order valence-corrected chi connectivity index (χ2v) is 6.79. The number of nitrogens with zero attached hydrogens (tertiary/aromatic N) is 1. The quantitative estimate of drug-likeness (QED) is 0.810. The van der Waals surface area contributed by atoms with E-state index in [1.807, 2.05) is 0 Å². The highest BCUT2D eigenvalue weighted by molar-refractivity contribution is 9.10. The van der Waals surface area contributed by atoms with Crippen LogP contribution in [-0.2, 0) is 10.4 Å². The van der Waals surface area contributed by atoms with E-state index in [2.05, 4.69) is 15.9 Å². The number of benzene rings is 2. The van der Waals surface area contributed by atoms with Crippen LogP contribution in [0.1, 0.15) is 22.3 Å². The number of fused-ring (bicyclic) bond motifs is 1. The minimum atomic E-state index is -1.88. The zero-order valence-electron chi connectivity index (χ0n) is 12.2. The van der Waals surface area contributed by atoms with Crippen LogP contribution in [-0.4, -0.2) is 23.8 Å². The Morgan fingerprint density at radius 1 is 1.30 bits per heavy atom. The predicted octanol–water partition coefficient (Wildman–Crippen LogP) is 3.54. The zero-order chi connectivity index (χ0) is 16.8. The summed E-state index contributed by atoms with van der Waals surface area (Å²) in [7, 11) is 1.58. The maximum absolute atomic E-state index is 12.5. The third-order valence-electron chi connectivity index (χ3n) is 4.01. The standard InChI is InChI=1S/C17H13BrClNO3/c1-20-14-7-6-10(18)8-12(14)17(23,16(20)22)9-15(21)11-4-2-3-5-13(11)19/h2-8,23H,9H2,1H3. The molecule has 1 unspecified atom stereocenters. The molecule has 4 nitrogen and oxygen atoms in total. The van der Waals surface area contributed by atoms with E-state index >= 15 is 0 Å². The van der Waals surface area contributed by atoms with Gasteiger partial charge in [-0.15, -0.1) is 0 Å². The van der Waals surface area contributed by atoms with Crippen molar-refractivity contribution in [1.29, 1.82) is 0 Å². The Morgan fingerprint density at radius 3 is 2.70 bits per heavy atom. The highest BCUT2D eigenvalue weighted by Crippen LogP contribution is 2.43. The number of hydrogen-bond acceptors (Lipinski definition) is 3. The number of hydrogen-bond donors (Lipinski definition) is 1. The second-order valence-electron chi connectivity index (χ2n) is 5.47. The topological polar surface area (TPSA) is 57.6 Å². The third kappa shape index (κ3) is 2.59. The van der Waals surface area contributed by atoms with Gasteiger partial charge in [-0.1, -0.05) is 39.7 Å². The molecule has 2 aromatic rings. The number of amides is 1. The third-order valence-corrected chi connectivity index (χ3v) is 4.84. The minimum Gasteiger partial charge on any atom is -0.375 e. The summed E-state index contributed by atoms with van der Waals surface area (Å²) in [5.74, 6) is -0.904. The first-order valence-electron chi connectivity index (χ1n) is 6.93. The molecule has 0 aliphatic carbocycles. The first kappa shape index (κ1) is 16.2. The van der Waals surface area contributed by atoms with Crippen molar-refractivity contribution in [3.63, 3.8) is 0 Å². The molecule has 1 aliphatic heterocycles. The predicted molar refractivity (Wildman–Crippen MR) is 91.8 cm³/mol. The number of carbonyl (C=O) groups excluding carboxylic acids is 2. The average Bonchev–Trinajstić information content (AvgIpc) is 2.69. The van der Waals surface area contributed by atoms with Crippen molar-refractivity contribution in [2.45, 2.75) is 12.0 Å². The number of likely N-dealkylation sites (N-methyl/N-ethyl adjacent to an activating group) is 1. The number of halogens is 2. The first-order valence-corrected chi connectivity index (χ1v) is 8.10. The van der Waals surface area contributed by atoms with E-state index in [1.54, 1.807) is 49.5 Å². The molecule has 2 aromatic carbocycles. The number of rotatable bonds is 3. The van der Waals surface area contributed by atoms with Crippen LogP contribution in [0.4, 0.5) is 5.69 Å². The first-order chi connectivity index (χ1) is 10.8. The number of Topliss-reactive ketones (excluding diaryl/α,β-unsaturated/α-hetero) is 1. The van der Waals surface area contributed by atoms with Gasteiger partial charge in [0.1, 0.15) is 0 Å².